The van der Waals surface area contributed by atoms with Crippen LogP contribution in [0.3, 0.4) is 0 Å². The van der Waals surface area contributed by atoms with Crippen LogP contribution in [0, 0.1) is 18.8 Å². The van der Waals surface area contributed by atoms with Crippen molar-refractivity contribution in [1.29, 1.82) is 0 Å². The monoisotopic (exact) mass is 434 g/mol. The number of nitrogens with zero attached hydrogens (tertiary/aromatic N) is 5. The van der Waals surface area contributed by atoms with Crippen molar-refractivity contribution in [2.24, 2.45) is 11.8 Å². The van der Waals surface area contributed by atoms with Gasteiger partial charge in [-0.05, 0) is 62.8 Å². The van der Waals surface area contributed by atoms with Gasteiger partial charge in [0.05, 0.1) is 11.6 Å². The number of hydrogen-bond donors (Lipinski definition) is 1. The van der Waals surface area contributed by atoms with Crippen LogP contribution < -0.4 is 15.1 Å². The van der Waals surface area contributed by atoms with Gasteiger partial charge >= 0.3 is 0 Å². The Kier molecular flexibility index (Phi) is 5.68. The van der Waals surface area contributed by atoms with Crippen molar-refractivity contribution in [3.63, 3.8) is 0 Å². The molecule has 0 aliphatic carbocycles. The summed E-state index contributed by atoms with van der Waals surface area (Å²) in [6, 6.07) is 8.26. The van der Waals surface area contributed by atoms with Crippen LogP contribution in [0.25, 0.3) is 11.1 Å². The van der Waals surface area contributed by atoms with E-state index in [1.165, 1.54) is 24.9 Å². The first-order valence-corrected chi connectivity index (χ1v) is 11.6. The number of carbonyl (C=O) groups excluding carboxylic acids is 1. The summed E-state index contributed by atoms with van der Waals surface area (Å²) in [6.45, 7) is 7.89. The predicted molar refractivity (Wildman–Crippen MR) is 125 cm³/mol. The van der Waals surface area contributed by atoms with Gasteiger partial charge in [0.15, 0.2) is 0 Å². The molecule has 0 bridgehead atoms. The molecule has 3 aromatic rings. The SMILES string of the molecule is Cc1noc2ncnc(N3CCC[C@H](C(=O)Nc4ccc(N5CCC(C)CC5)cc4)C3)c12. The van der Waals surface area contributed by atoms with E-state index in [0.717, 1.165) is 61.0 Å². The Morgan fingerprint density at radius 3 is 2.62 bits per heavy atom. The van der Waals surface area contributed by atoms with Gasteiger partial charge in [0.25, 0.3) is 5.71 Å². The number of carbonyl (C=O) groups is 1. The van der Waals surface area contributed by atoms with Crippen molar-refractivity contribution in [3.05, 3.63) is 36.3 Å². The Morgan fingerprint density at radius 2 is 1.84 bits per heavy atom. The normalized spacial score (nSPS) is 20.0. The van der Waals surface area contributed by atoms with Gasteiger partial charge in [0, 0.05) is 37.6 Å². The second-order valence-corrected chi connectivity index (χ2v) is 9.14. The summed E-state index contributed by atoms with van der Waals surface area (Å²) in [6.07, 6.45) is 5.77. The third kappa shape index (κ3) is 4.13. The zero-order chi connectivity index (χ0) is 22.1. The molecule has 1 N–H and O–H groups in total. The van der Waals surface area contributed by atoms with Gasteiger partial charge in [-0.3, -0.25) is 4.79 Å². The molecule has 168 valence electrons. The van der Waals surface area contributed by atoms with E-state index in [-0.39, 0.29) is 11.8 Å². The molecule has 4 heterocycles. The van der Waals surface area contributed by atoms with E-state index < -0.39 is 0 Å². The van der Waals surface area contributed by atoms with E-state index in [9.17, 15) is 4.79 Å². The Labute approximate surface area is 188 Å². The molecule has 32 heavy (non-hydrogen) atoms. The van der Waals surface area contributed by atoms with Crippen molar-refractivity contribution in [2.75, 3.05) is 41.3 Å². The Morgan fingerprint density at radius 1 is 1.06 bits per heavy atom. The van der Waals surface area contributed by atoms with Crippen LogP contribution in [0.2, 0.25) is 0 Å². The molecule has 2 aliphatic heterocycles. The minimum absolute atomic E-state index is 0.0570. The van der Waals surface area contributed by atoms with Crippen molar-refractivity contribution in [1.82, 2.24) is 15.1 Å². The molecule has 2 saturated heterocycles. The van der Waals surface area contributed by atoms with Gasteiger partial charge in [0.1, 0.15) is 17.5 Å². The molecule has 2 aromatic heterocycles. The minimum Gasteiger partial charge on any atom is -0.372 e. The van der Waals surface area contributed by atoms with Crippen molar-refractivity contribution >= 4 is 34.2 Å². The lowest BCUT2D eigenvalue weighted by molar-refractivity contribution is -0.120. The maximum Gasteiger partial charge on any atom is 0.263 e. The summed E-state index contributed by atoms with van der Waals surface area (Å²) in [5.74, 6) is 1.57. The molecule has 8 nitrogen and oxygen atoms in total. The smallest absolute Gasteiger partial charge is 0.263 e. The highest BCUT2D eigenvalue weighted by atomic mass is 16.5. The number of amides is 1. The average molecular weight is 435 g/mol. The molecule has 0 radical (unpaired) electrons. The molecular formula is C24H30N6O2. The van der Waals surface area contributed by atoms with Crippen molar-refractivity contribution in [3.8, 4) is 0 Å². The van der Waals surface area contributed by atoms with E-state index in [0.29, 0.717) is 12.3 Å². The number of aromatic nitrogens is 3. The number of piperidine rings is 2. The number of aryl methyl sites for hydroxylation is 1. The number of fused-ring (bicyclic) bond motifs is 1. The lowest BCUT2D eigenvalue weighted by atomic mass is 9.96. The summed E-state index contributed by atoms with van der Waals surface area (Å²) in [5.41, 5.74) is 3.34. The van der Waals surface area contributed by atoms with E-state index in [2.05, 4.69) is 49.3 Å². The largest absolute Gasteiger partial charge is 0.372 e. The summed E-state index contributed by atoms with van der Waals surface area (Å²) < 4.78 is 5.28. The van der Waals surface area contributed by atoms with Crippen LogP contribution in [-0.2, 0) is 4.79 Å². The Balaban J connectivity index is 1.24. The zero-order valence-corrected chi connectivity index (χ0v) is 18.8. The summed E-state index contributed by atoms with van der Waals surface area (Å²) >= 11 is 0. The van der Waals surface area contributed by atoms with Gasteiger partial charge in [-0.1, -0.05) is 12.1 Å². The third-order valence-electron chi connectivity index (χ3n) is 6.80. The Bertz CT molecular complexity index is 1090. The molecular weight excluding hydrogens is 404 g/mol. The average Bonchev–Trinajstić information content (AvgIpc) is 3.21. The molecule has 8 heteroatoms. The molecule has 1 amide bonds. The lowest BCUT2D eigenvalue weighted by Crippen LogP contribution is -2.41. The molecule has 2 fully saturated rings. The quantitative estimate of drug-likeness (QED) is 0.664. The maximum absolute atomic E-state index is 13.0. The molecule has 1 aromatic carbocycles. The van der Waals surface area contributed by atoms with E-state index in [4.69, 9.17) is 4.52 Å². The highest BCUT2D eigenvalue weighted by Crippen LogP contribution is 2.30. The van der Waals surface area contributed by atoms with Crippen LogP contribution >= 0.6 is 0 Å². The van der Waals surface area contributed by atoms with Gasteiger partial charge in [-0.25, -0.2) is 4.98 Å². The number of benzene rings is 1. The molecule has 2 aliphatic rings. The fraction of sp³-hybridized carbons (Fsp3) is 0.500. The minimum atomic E-state index is -0.0998. The van der Waals surface area contributed by atoms with Crippen LogP contribution in [-0.4, -0.2) is 47.2 Å². The maximum atomic E-state index is 13.0. The Hall–Kier alpha value is -3.16. The van der Waals surface area contributed by atoms with Gasteiger partial charge in [0.2, 0.25) is 5.91 Å². The third-order valence-corrected chi connectivity index (χ3v) is 6.80. The zero-order valence-electron chi connectivity index (χ0n) is 18.8. The van der Waals surface area contributed by atoms with E-state index in [1.807, 2.05) is 19.1 Å². The molecule has 0 saturated carbocycles. The molecule has 0 unspecified atom stereocenters. The van der Waals surface area contributed by atoms with E-state index in [1.54, 1.807) is 0 Å². The second-order valence-electron chi connectivity index (χ2n) is 9.14. The predicted octanol–water partition coefficient (Wildman–Crippen LogP) is 4.02. The molecule has 1 atom stereocenters. The van der Waals surface area contributed by atoms with Crippen molar-refractivity contribution < 1.29 is 9.32 Å². The van der Waals surface area contributed by atoms with Gasteiger partial charge < -0.3 is 19.6 Å². The summed E-state index contributed by atoms with van der Waals surface area (Å²) in [4.78, 5) is 26.3. The first-order valence-electron chi connectivity index (χ1n) is 11.6. The standard InChI is InChI=1S/C24H30N6O2/c1-16-9-12-29(13-10-16)20-7-5-19(6-8-20)27-23(31)18-4-3-11-30(14-18)22-21-17(2)28-32-24(21)26-15-25-22/h5-8,15-16,18H,3-4,9-14H2,1-2H3,(H,27,31)/t18-/m0/s1. The molecule has 0 spiro atoms. The first-order chi connectivity index (χ1) is 15.6. The lowest BCUT2D eigenvalue weighted by Gasteiger charge is -2.33. The first kappa shape index (κ1) is 20.7. The van der Waals surface area contributed by atoms with Crippen LogP contribution in [0.15, 0.2) is 35.1 Å². The number of anilines is 3. The highest BCUT2D eigenvalue weighted by Gasteiger charge is 2.28. The van der Waals surface area contributed by atoms with E-state index >= 15 is 0 Å². The number of rotatable bonds is 4. The summed E-state index contributed by atoms with van der Waals surface area (Å²) in [7, 11) is 0. The van der Waals surface area contributed by atoms with Gasteiger partial charge in [-0.15, -0.1) is 0 Å². The second kappa shape index (κ2) is 8.76. The van der Waals surface area contributed by atoms with Crippen LogP contribution in [0.1, 0.15) is 38.3 Å². The van der Waals surface area contributed by atoms with Crippen molar-refractivity contribution in [2.45, 2.75) is 39.5 Å². The fourth-order valence-corrected chi connectivity index (χ4v) is 4.79. The van der Waals surface area contributed by atoms with Crippen LogP contribution in [0.5, 0.6) is 0 Å². The van der Waals surface area contributed by atoms with Crippen LogP contribution in [0.4, 0.5) is 17.2 Å². The van der Waals surface area contributed by atoms with Gasteiger partial charge in [-0.2, -0.15) is 4.98 Å². The number of nitrogens with one attached hydrogen (secondary N) is 1. The highest BCUT2D eigenvalue weighted by molar-refractivity contribution is 5.94. The topological polar surface area (TPSA) is 87.4 Å². The fourth-order valence-electron chi connectivity index (χ4n) is 4.79. The number of hydrogen-bond acceptors (Lipinski definition) is 7. The summed E-state index contributed by atoms with van der Waals surface area (Å²) in [5, 5.41) is 7.97. The molecule has 5 rings (SSSR count).